The number of hydrogen-bond donors (Lipinski definition) is 1. The number of carbonyl (C=O) groups excluding carboxylic acids is 1. The zero-order valence-corrected chi connectivity index (χ0v) is 18.6. The van der Waals surface area contributed by atoms with Crippen LogP contribution in [-0.4, -0.2) is 68.6 Å². The average Bonchev–Trinajstić information content (AvgIpc) is 2.75. The summed E-state index contributed by atoms with van der Waals surface area (Å²) in [5, 5.41) is 2.98. The summed E-state index contributed by atoms with van der Waals surface area (Å²) in [6.45, 7) is 6.18. The number of piperidine rings is 1. The molecule has 9 heteroatoms. The van der Waals surface area contributed by atoms with E-state index < -0.39 is 15.8 Å². The number of benzene rings is 1. The summed E-state index contributed by atoms with van der Waals surface area (Å²) in [6, 6.07) is 3.84. The van der Waals surface area contributed by atoms with Crippen LogP contribution in [0.3, 0.4) is 0 Å². The maximum Gasteiger partial charge on any atom is 0.317 e. The van der Waals surface area contributed by atoms with Gasteiger partial charge in [-0.3, -0.25) is 0 Å². The number of halogens is 1. The van der Waals surface area contributed by atoms with Gasteiger partial charge in [0.15, 0.2) is 0 Å². The molecule has 0 aliphatic carbocycles. The quantitative estimate of drug-likeness (QED) is 0.736. The molecule has 2 saturated heterocycles. The highest BCUT2D eigenvalue weighted by molar-refractivity contribution is 7.89. The second kappa shape index (κ2) is 10.1. The summed E-state index contributed by atoms with van der Waals surface area (Å²) < 4.78 is 46.7. The van der Waals surface area contributed by atoms with Gasteiger partial charge in [-0.2, -0.15) is 4.31 Å². The van der Waals surface area contributed by atoms with Crippen LogP contribution in [0, 0.1) is 12.7 Å². The number of aryl methyl sites for hydroxylation is 1. The minimum absolute atomic E-state index is 0.0166. The molecule has 2 fully saturated rings. The van der Waals surface area contributed by atoms with Gasteiger partial charge in [0, 0.05) is 44.9 Å². The Kier molecular flexibility index (Phi) is 7.70. The van der Waals surface area contributed by atoms with Gasteiger partial charge in [-0.05, 0) is 56.7 Å². The molecule has 168 valence electrons. The molecular weight excluding hydrogens is 409 g/mol. The third kappa shape index (κ3) is 5.12. The van der Waals surface area contributed by atoms with E-state index in [1.807, 2.05) is 11.8 Å². The first-order valence-electron chi connectivity index (χ1n) is 10.7. The fraction of sp³-hybridized carbons (Fsp3) is 0.667. The standard InChI is InChI=1S/C21H32FN3O4S/c1-3-10-23-21(26)25(19-8-13-29-14-9-19)18-6-11-24(12-7-18)30(27,28)20-15-17(22)5-4-16(20)2/h4-5,15,18-19H,3,6-14H2,1-2H3,(H,23,26). The lowest BCUT2D eigenvalue weighted by molar-refractivity contribution is 0.0255. The van der Waals surface area contributed by atoms with Gasteiger partial charge in [-0.1, -0.05) is 13.0 Å². The van der Waals surface area contributed by atoms with Crippen LogP contribution in [0.1, 0.15) is 44.6 Å². The van der Waals surface area contributed by atoms with Crippen LogP contribution in [-0.2, 0) is 14.8 Å². The highest BCUT2D eigenvalue weighted by atomic mass is 32.2. The van der Waals surface area contributed by atoms with Crippen molar-refractivity contribution in [2.45, 2.75) is 62.9 Å². The second-order valence-electron chi connectivity index (χ2n) is 8.03. The number of carbonyl (C=O) groups is 1. The Balaban J connectivity index is 1.72. The Morgan fingerprint density at radius 2 is 1.83 bits per heavy atom. The number of ether oxygens (including phenoxy) is 1. The number of urea groups is 1. The first-order valence-corrected chi connectivity index (χ1v) is 12.2. The van der Waals surface area contributed by atoms with Crippen molar-refractivity contribution in [3.05, 3.63) is 29.6 Å². The normalized spacial score (nSPS) is 19.6. The van der Waals surface area contributed by atoms with Crippen molar-refractivity contribution in [1.82, 2.24) is 14.5 Å². The molecule has 7 nitrogen and oxygen atoms in total. The average molecular weight is 442 g/mol. The summed E-state index contributed by atoms with van der Waals surface area (Å²) in [6.07, 6.45) is 3.56. The monoisotopic (exact) mass is 441 g/mol. The number of nitrogens with zero attached hydrogens (tertiary/aromatic N) is 2. The zero-order chi connectivity index (χ0) is 21.7. The molecular formula is C21H32FN3O4S. The summed E-state index contributed by atoms with van der Waals surface area (Å²) >= 11 is 0. The smallest absolute Gasteiger partial charge is 0.317 e. The van der Waals surface area contributed by atoms with Crippen molar-refractivity contribution in [3.63, 3.8) is 0 Å². The van der Waals surface area contributed by atoms with Crippen molar-refractivity contribution >= 4 is 16.1 Å². The Hall–Kier alpha value is -1.71. The molecule has 0 atom stereocenters. The number of nitrogens with one attached hydrogen (secondary N) is 1. The molecule has 0 radical (unpaired) electrons. The second-order valence-corrected chi connectivity index (χ2v) is 9.93. The van der Waals surface area contributed by atoms with Crippen molar-refractivity contribution in [1.29, 1.82) is 0 Å². The van der Waals surface area contributed by atoms with E-state index in [1.165, 1.54) is 16.4 Å². The lowest BCUT2D eigenvalue weighted by atomic mass is 9.99. The van der Waals surface area contributed by atoms with Gasteiger partial charge in [0.2, 0.25) is 10.0 Å². The molecule has 2 aliphatic rings. The van der Waals surface area contributed by atoms with Gasteiger partial charge in [0.25, 0.3) is 0 Å². The lowest BCUT2D eigenvalue weighted by Crippen LogP contribution is -2.56. The fourth-order valence-electron chi connectivity index (χ4n) is 4.27. The van der Waals surface area contributed by atoms with Crippen LogP contribution in [0.4, 0.5) is 9.18 Å². The summed E-state index contributed by atoms with van der Waals surface area (Å²) in [7, 11) is -3.77. The molecule has 30 heavy (non-hydrogen) atoms. The molecule has 2 aliphatic heterocycles. The maximum atomic E-state index is 13.7. The minimum Gasteiger partial charge on any atom is -0.381 e. The summed E-state index contributed by atoms with van der Waals surface area (Å²) in [5.41, 5.74) is 0.529. The molecule has 0 bridgehead atoms. The minimum atomic E-state index is -3.77. The van der Waals surface area contributed by atoms with Gasteiger partial charge in [0.05, 0.1) is 4.90 Å². The number of hydrogen-bond acceptors (Lipinski definition) is 4. The third-order valence-electron chi connectivity index (χ3n) is 5.93. The van der Waals surface area contributed by atoms with Gasteiger partial charge < -0.3 is 15.0 Å². The van der Waals surface area contributed by atoms with Gasteiger partial charge in [-0.15, -0.1) is 0 Å². The molecule has 1 aromatic carbocycles. The Labute approximate surface area is 178 Å². The lowest BCUT2D eigenvalue weighted by Gasteiger charge is -2.43. The van der Waals surface area contributed by atoms with E-state index in [-0.39, 0.29) is 23.0 Å². The van der Waals surface area contributed by atoms with E-state index in [1.54, 1.807) is 6.92 Å². The van der Waals surface area contributed by atoms with Crippen LogP contribution in [0.5, 0.6) is 0 Å². The zero-order valence-electron chi connectivity index (χ0n) is 17.8. The first kappa shape index (κ1) is 23.0. The summed E-state index contributed by atoms with van der Waals surface area (Å²) in [5.74, 6) is -0.563. The van der Waals surface area contributed by atoms with E-state index >= 15 is 0 Å². The van der Waals surface area contributed by atoms with Crippen LogP contribution in [0.2, 0.25) is 0 Å². The van der Waals surface area contributed by atoms with Gasteiger partial charge in [0.1, 0.15) is 5.82 Å². The van der Waals surface area contributed by atoms with E-state index in [9.17, 15) is 17.6 Å². The molecule has 1 N–H and O–H groups in total. The molecule has 0 aromatic heterocycles. The van der Waals surface area contributed by atoms with Crippen molar-refractivity contribution in [3.8, 4) is 0 Å². The Morgan fingerprint density at radius 1 is 1.20 bits per heavy atom. The highest BCUT2D eigenvalue weighted by Gasteiger charge is 2.37. The van der Waals surface area contributed by atoms with Crippen LogP contribution < -0.4 is 5.32 Å². The number of rotatable bonds is 6. The molecule has 0 spiro atoms. The fourth-order valence-corrected chi connectivity index (χ4v) is 5.97. The molecule has 0 unspecified atom stereocenters. The number of sulfonamides is 1. The van der Waals surface area contributed by atoms with Crippen LogP contribution in [0.15, 0.2) is 23.1 Å². The third-order valence-corrected chi connectivity index (χ3v) is 7.97. The van der Waals surface area contributed by atoms with Crippen LogP contribution >= 0.6 is 0 Å². The van der Waals surface area contributed by atoms with E-state index in [0.717, 1.165) is 25.3 Å². The summed E-state index contributed by atoms with van der Waals surface area (Å²) in [4.78, 5) is 14.8. The predicted octanol–water partition coefficient (Wildman–Crippen LogP) is 2.89. The Bertz CT molecular complexity index is 835. The Morgan fingerprint density at radius 3 is 2.47 bits per heavy atom. The largest absolute Gasteiger partial charge is 0.381 e. The molecule has 0 saturated carbocycles. The van der Waals surface area contributed by atoms with Crippen molar-refractivity contribution < 1.29 is 22.3 Å². The molecule has 2 heterocycles. The van der Waals surface area contributed by atoms with Gasteiger partial charge >= 0.3 is 6.03 Å². The SMILES string of the molecule is CCCNC(=O)N(C1CCOCC1)C1CCN(S(=O)(=O)c2cc(F)ccc2C)CC1. The highest BCUT2D eigenvalue weighted by Crippen LogP contribution is 2.28. The number of amides is 2. The van der Waals surface area contributed by atoms with E-state index in [2.05, 4.69) is 5.32 Å². The van der Waals surface area contributed by atoms with E-state index in [4.69, 9.17) is 4.74 Å². The van der Waals surface area contributed by atoms with Gasteiger partial charge in [-0.25, -0.2) is 17.6 Å². The molecule has 1 aromatic rings. The van der Waals surface area contributed by atoms with E-state index in [0.29, 0.717) is 51.3 Å². The maximum absolute atomic E-state index is 13.7. The predicted molar refractivity (Wildman–Crippen MR) is 112 cm³/mol. The molecule has 2 amide bonds. The van der Waals surface area contributed by atoms with Crippen LogP contribution in [0.25, 0.3) is 0 Å². The topological polar surface area (TPSA) is 79.0 Å². The first-order chi connectivity index (χ1) is 14.3. The molecule has 3 rings (SSSR count). The van der Waals surface area contributed by atoms with Crippen molar-refractivity contribution in [2.75, 3.05) is 32.8 Å². The van der Waals surface area contributed by atoms with Crippen molar-refractivity contribution in [2.24, 2.45) is 0 Å².